The number of aromatic nitrogens is 1. The number of aliphatic hydroxyl groups excluding tert-OH is 1. The third-order valence-electron chi connectivity index (χ3n) is 3.25. The van der Waals surface area contributed by atoms with Crippen LogP contribution in [-0.4, -0.2) is 10.1 Å². The van der Waals surface area contributed by atoms with Crippen LogP contribution in [0.2, 0.25) is 0 Å². The van der Waals surface area contributed by atoms with E-state index in [0.29, 0.717) is 6.42 Å². The van der Waals surface area contributed by atoms with Crippen molar-refractivity contribution >= 4 is 22.2 Å². The molecule has 1 N–H and O–H groups in total. The summed E-state index contributed by atoms with van der Waals surface area (Å²) in [4.78, 5) is 4.47. The first-order valence-electron chi connectivity index (χ1n) is 6.29. The van der Waals surface area contributed by atoms with Crippen molar-refractivity contribution in [1.82, 2.24) is 4.98 Å². The molecule has 3 rings (SSSR count). The molecule has 19 heavy (non-hydrogen) atoms. The molecular formula is C16H15NOS. The maximum absolute atomic E-state index is 10.3. The Labute approximate surface area is 116 Å². The molecule has 0 spiro atoms. The van der Waals surface area contributed by atoms with Crippen LogP contribution in [0.5, 0.6) is 0 Å². The number of rotatable bonds is 3. The molecule has 0 aliphatic heterocycles. The average Bonchev–Trinajstić information content (AvgIpc) is 2.91. The van der Waals surface area contributed by atoms with Crippen LogP contribution in [0.25, 0.3) is 10.9 Å². The van der Waals surface area contributed by atoms with Crippen LogP contribution in [0.1, 0.15) is 22.9 Å². The zero-order valence-corrected chi connectivity index (χ0v) is 11.5. The van der Waals surface area contributed by atoms with E-state index in [1.807, 2.05) is 36.6 Å². The van der Waals surface area contributed by atoms with Gasteiger partial charge in [0.05, 0.1) is 11.6 Å². The van der Waals surface area contributed by atoms with Gasteiger partial charge < -0.3 is 5.11 Å². The predicted molar refractivity (Wildman–Crippen MR) is 79.5 cm³/mol. The molecule has 0 saturated heterocycles. The lowest BCUT2D eigenvalue weighted by atomic mass is 10.0. The van der Waals surface area contributed by atoms with Gasteiger partial charge in [0, 0.05) is 17.5 Å². The molecule has 3 aromatic rings. The van der Waals surface area contributed by atoms with Crippen molar-refractivity contribution in [2.24, 2.45) is 0 Å². The average molecular weight is 269 g/mol. The summed E-state index contributed by atoms with van der Waals surface area (Å²) in [6.45, 7) is 1.98. The Morgan fingerprint density at radius 3 is 2.89 bits per heavy atom. The van der Waals surface area contributed by atoms with Gasteiger partial charge >= 0.3 is 0 Å². The number of pyridine rings is 1. The SMILES string of the molecule is Cc1ccc2cc(C(O)Cc3ccsc3)ccc2n1. The number of hydrogen-bond acceptors (Lipinski definition) is 3. The molecular weight excluding hydrogens is 254 g/mol. The summed E-state index contributed by atoms with van der Waals surface area (Å²) in [6.07, 6.45) is 0.203. The van der Waals surface area contributed by atoms with Crippen LogP contribution in [0.3, 0.4) is 0 Å². The highest BCUT2D eigenvalue weighted by Crippen LogP contribution is 2.23. The Morgan fingerprint density at radius 1 is 1.21 bits per heavy atom. The summed E-state index contributed by atoms with van der Waals surface area (Å²) in [6, 6.07) is 12.1. The number of thiophene rings is 1. The number of benzene rings is 1. The van der Waals surface area contributed by atoms with Gasteiger partial charge in [-0.15, -0.1) is 0 Å². The number of aliphatic hydroxyl groups is 1. The number of hydrogen-bond donors (Lipinski definition) is 1. The highest BCUT2D eigenvalue weighted by atomic mass is 32.1. The minimum absolute atomic E-state index is 0.458. The van der Waals surface area contributed by atoms with E-state index in [2.05, 4.69) is 22.5 Å². The lowest BCUT2D eigenvalue weighted by Gasteiger charge is -2.11. The first-order chi connectivity index (χ1) is 9.22. The van der Waals surface area contributed by atoms with Gasteiger partial charge in [0.1, 0.15) is 0 Å². The summed E-state index contributed by atoms with van der Waals surface area (Å²) in [5.41, 5.74) is 4.12. The van der Waals surface area contributed by atoms with E-state index in [4.69, 9.17) is 0 Å². The van der Waals surface area contributed by atoms with Crippen molar-refractivity contribution in [2.45, 2.75) is 19.4 Å². The summed E-state index contributed by atoms with van der Waals surface area (Å²) in [5, 5.41) is 15.5. The van der Waals surface area contributed by atoms with Crippen LogP contribution < -0.4 is 0 Å². The Bertz CT molecular complexity index is 691. The normalized spacial score (nSPS) is 12.7. The smallest absolute Gasteiger partial charge is 0.0830 e. The molecule has 3 heteroatoms. The molecule has 1 unspecified atom stereocenters. The standard InChI is InChI=1S/C16H15NOS/c1-11-2-3-13-9-14(4-5-15(13)17-11)16(18)8-12-6-7-19-10-12/h2-7,9-10,16,18H,8H2,1H3. The maximum Gasteiger partial charge on any atom is 0.0830 e. The Balaban J connectivity index is 1.90. The summed E-state index contributed by atoms with van der Waals surface area (Å²) in [7, 11) is 0. The van der Waals surface area contributed by atoms with Crippen LogP contribution in [-0.2, 0) is 6.42 Å². The molecule has 1 aromatic carbocycles. The van der Waals surface area contributed by atoms with Crippen molar-refractivity contribution in [2.75, 3.05) is 0 Å². The van der Waals surface area contributed by atoms with Gasteiger partial charge in [0.2, 0.25) is 0 Å². The third kappa shape index (κ3) is 2.67. The van der Waals surface area contributed by atoms with Gasteiger partial charge in [-0.05, 0) is 53.1 Å². The molecule has 0 fully saturated rings. The van der Waals surface area contributed by atoms with Crippen molar-refractivity contribution in [3.63, 3.8) is 0 Å². The zero-order valence-electron chi connectivity index (χ0n) is 10.7. The molecule has 0 radical (unpaired) electrons. The van der Waals surface area contributed by atoms with Crippen LogP contribution in [0.4, 0.5) is 0 Å². The highest BCUT2D eigenvalue weighted by molar-refractivity contribution is 7.07. The fraction of sp³-hybridized carbons (Fsp3) is 0.188. The second-order valence-electron chi connectivity index (χ2n) is 4.76. The first-order valence-corrected chi connectivity index (χ1v) is 7.23. The molecule has 0 aliphatic rings. The van der Waals surface area contributed by atoms with Crippen molar-refractivity contribution in [1.29, 1.82) is 0 Å². The molecule has 0 bridgehead atoms. The molecule has 2 aromatic heterocycles. The summed E-state index contributed by atoms with van der Waals surface area (Å²) < 4.78 is 0. The van der Waals surface area contributed by atoms with E-state index in [1.54, 1.807) is 11.3 Å². The first kappa shape index (κ1) is 12.3. The number of fused-ring (bicyclic) bond motifs is 1. The summed E-state index contributed by atoms with van der Waals surface area (Å²) in [5.74, 6) is 0. The lowest BCUT2D eigenvalue weighted by Crippen LogP contribution is -2.01. The molecule has 1 atom stereocenters. The number of nitrogens with zero attached hydrogens (tertiary/aromatic N) is 1. The van der Waals surface area contributed by atoms with E-state index in [1.165, 1.54) is 5.56 Å². The van der Waals surface area contributed by atoms with Crippen LogP contribution in [0, 0.1) is 6.92 Å². The monoisotopic (exact) mass is 269 g/mol. The fourth-order valence-electron chi connectivity index (χ4n) is 2.20. The quantitative estimate of drug-likeness (QED) is 0.782. The second-order valence-corrected chi connectivity index (χ2v) is 5.54. The molecule has 0 saturated carbocycles. The van der Waals surface area contributed by atoms with E-state index >= 15 is 0 Å². The predicted octanol–water partition coefficient (Wildman–Crippen LogP) is 3.88. The van der Waals surface area contributed by atoms with Crippen molar-refractivity contribution < 1.29 is 5.11 Å². The maximum atomic E-state index is 10.3. The summed E-state index contributed by atoms with van der Waals surface area (Å²) >= 11 is 1.66. The zero-order chi connectivity index (χ0) is 13.2. The lowest BCUT2D eigenvalue weighted by molar-refractivity contribution is 0.179. The van der Waals surface area contributed by atoms with Gasteiger partial charge in [-0.1, -0.05) is 12.1 Å². The van der Waals surface area contributed by atoms with Gasteiger partial charge in [-0.3, -0.25) is 4.98 Å². The molecule has 96 valence electrons. The van der Waals surface area contributed by atoms with Gasteiger partial charge in [0.25, 0.3) is 0 Å². The van der Waals surface area contributed by atoms with Crippen LogP contribution >= 0.6 is 11.3 Å². The largest absolute Gasteiger partial charge is 0.388 e. The van der Waals surface area contributed by atoms with Gasteiger partial charge in [-0.25, -0.2) is 0 Å². The van der Waals surface area contributed by atoms with E-state index < -0.39 is 6.10 Å². The second kappa shape index (κ2) is 5.11. The molecule has 0 aliphatic carbocycles. The number of aryl methyl sites for hydroxylation is 1. The minimum atomic E-state index is -0.458. The Hall–Kier alpha value is -1.71. The van der Waals surface area contributed by atoms with Crippen LogP contribution in [0.15, 0.2) is 47.2 Å². The van der Waals surface area contributed by atoms with Crippen molar-refractivity contribution in [3.8, 4) is 0 Å². The molecule has 2 nitrogen and oxygen atoms in total. The van der Waals surface area contributed by atoms with Crippen molar-refractivity contribution in [3.05, 3.63) is 64.0 Å². The van der Waals surface area contributed by atoms with E-state index in [-0.39, 0.29) is 0 Å². The highest BCUT2D eigenvalue weighted by Gasteiger charge is 2.09. The van der Waals surface area contributed by atoms with Gasteiger partial charge in [0.15, 0.2) is 0 Å². The van der Waals surface area contributed by atoms with E-state index in [0.717, 1.165) is 22.2 Å². The Kier molecular flexibility index (Phi) is 3.32. The minimum Gasteiger partial charge on any atom is -0.388 e. The molecule has 2 heterocycles. The molecule has 0 amide bonds. The Morgan fingerprint density at radius 2 is 2.11 bits per heavy atom. The third-order valence-corrected chi connectivity index (χ3v) is 3.98. The fourth-order valence-corrected chi connectivity index (χ4v) is 2.88. The van der Waals surface area contributed by atoms with Gasteiger partial charge in [-0.2, -0.15) is 11.3 Å². The van der Waals surface area contributed by atoms with E-state index in [9.17, 15) is 5.11 Å². The topological polar surface area (TPSA) is 33.1 Å².